The van der Waals surface area contributed by atoms with E-state index in [2.05, 4.69) is 0 Å². The highest BCUT2D eigenvalue weighted by Gasteiger charge is 1.94. The molecule has 42 valence electrons. The molecule has 0 spiro atoms. The molecular formula is C3H8N2O2. The molecule has 0 aliphatic carbocycles. The molecule has 0 aromatic rings. The Morgan fingerprint density at radius 1 is 2.00 bits per heavy atom. The Morgan fingerprint density at radius 3 is 2.43 bits per heavy atom. The lowest BCUT2D eigenvalue weighted by atomic mass is 10.6. The van der Waals surface area contributed by atoms with Gasteiger partial charge in [0, 0.05) is 0 Å². The third-order valence-electron chi connectivity index (χ3n) is 0.351. The van der Waals surface area contributed by atoms with E-state index in [9.17, 15) is 4.79 Å². The van der Waals surface area contributed by atoms with E-state index in [1.165, 1.54) is 0 Å². The SMILES string of the molecule is CC(N)NC(=O)O. The van der Waals surface area contributed by atoms with E-state index in [4.69, 9.17) is 10.8 Å². The summed E-state index contributed by atoms with van der Waals surface area (Å²) in [4.78, 5) is 9.62. The van der Waals surface area contributed by atoms with Crippen molar-refractivity contribution >= 4 is 6.09 Å². The molecule has 4 N–H and O–H groups in total. The van der Waals surface area contributed by atoms with Crippen molar-refractivity contribution in [3.05, 3.63) is 0 Å². The number of nitrogens with one attached hydrogen (secondary N) is 1. The number of nitrogens with two attached hydrogens (primary N) is 1. The molecule has 0 fully saturated rings. The first-order valence-corrected chi connectivity index (χ1v) is 1.88. The average Bonchev–Trinajstić information content (AvgIpc) is 1.27. The van der Waals surface area contributed by atoms with Gasteiger partial charge in [-0.1, -0.05) is 0 Å². The Kier molecular flexibility index (Phi) is 2.15. The zero-order chi connectivity index (χ0) is 5.86. The molecule has 1 amide bonds. The van der Waals surface area contributed by atoms with Crippen LogP contribution in [0.2, 0.25) is 0 Å². The van der Waals surface area contributed by atoms with Crippen LogP contribution in [0.15, 0.2) is 0 Å². The van der Waals surface area contributed by atoms with Gasteiger partial charge in [0.1, 0.15) is 0 Å². The number of hydrogen-bond donors (Lipinski definition) is 3. The molecule has 0 aromatic heterocycles. The molecule has 4 heteroatoms. The second-order valence-electron chi connectivity index (χ2n) is 1.24. The van der Waals surface area contributed by atoms with Crippen molar-refractivity contribution in [2.75, 3.05) is 0 Å². The van der Waals surface area contributed by atoms with Gasteiger partial charge in [0.05, 0.1) is 6.17 Å². The van der Waals surface area contributed by atoms with Crippen LogP contribution in [0, 0.1) is 0 Å². The molecule has 4 nitrogen and oxygen atoms in total. The summed E-state index contributed by atoms with van der Waals surface area (Å²) in [5.41, 5.74) is 5.00. The summed E-state index contributed by atoms with van der Waals surface area (Å²) in [6, 6.07) is 0. The monoisotopic (exact) mass is 104 g/mol. The Hall–Kier alpha value is -0.770. The molecule has 0 saturated heterocycles. The van der Waals surface area contributed by atoms with Crippen LogP contribution >= 0.6 is 0 Å². The highest BCUT2D eigenvalue weighted by molar-refractivity contribution is 5.64. The first kappa shape index (κ1) is 6.23. The van der Waals surface area contributed by atoms with Gasteiger partial charge in [-0.2, -0.15) is 0 Å². The van der Waals surface area contributed by atoms with Gasteiger partial charge in [0.2, 0.25) is 0 Å². The second kappa shape index (κ2) is 2.41. The van der Waals surface area contributed by atoms with Gasteiger partial charge in [-0.3, -0.25) is 0 Å². The minimum absolute atomic E-state index is 0.475. The molecule has 0 aliphatic heterocycles. The molecule has 1 atom stereocenters. The third-order valence-corrected chi connectivity index (χ3v) is 0.351. The summed E-state index contributed by atoms with van der Waals surface area (Å²) in [5.74, 6) is 0. The molecule has 0 rings (SSSR count). The Balaban J connectivity index is 3.13. The smallest absolute Gasteiger partial charge is 0.405 e. The van der Waals surface area contributed by atoms with Crippen LogP contribution in [0.4, 0.5) is 4.79 Å². The van der Waals surface area contributed by atoms with Crippen LogP contribution in [-0.2, 0) is 0 Å². The van der Waals surface area contributed by atoms with Crippen molar-refractivity contribution in [3.63, 3.8) is 0 Å². The number of carboxylic acid groups (broad SMARTS) is 1. The van der Waals surface area contributed by atoms with Crippen molar-refractivity contribution in [2.45, 2.75) is 13.1 Å². The molecular weight excluding hydrogens is 96.0 g/mol. The van der Waals surface area contributed by atoms with Crippen LogP contribution in [0.25, 0.3) is 0 Å². The summed E-state index contributed by atoms with van der Waals surface area (Å²) in [7, 11) is 0. The lowest BCUT2D eigenvalue weighted by molar-refractivity contribution is 0.191. The number of hydrogen-bond acceptors (Lipinski definition) is 2. The van der Waals surface area contributed by atoms with E-state index in [1.54, 1.807) is 6.92 Å². The molecule has 0 radical (unpaired) electrons. The Labute approximate surface area is 41.3 Å². The third kappa shape index (κ3) is 5.23. The van der Waals surface area contributed by atoms with E-state index in [0.29, 0.717) is 0 Å². The fourth-order valence-electron chi connectivity index (χ4n) is 0.195. The topological polar surface area (TPSA) is 75.3 Å². The number of amides is 1. The van der Waals surface area contributed by atoms with Crippen molar-refractivity contribution in [3.8, 4) is 0 Å². The van der Waals surface area contributed by atoms with E-state index in [0.717, 1.165) is 0 Å². The van der Waals surface area contributed by atoms with Crippen molar-refractivity contribution in [2.24, 2.45) is 5.73 Å². The normalized spacial score (nSPS) is 12.9. The Bertz CT molecular complexity index is 71.3. The molecule has 0 aromatic carbocycles. The van der Waals surface area contributed by atoms with Crippen molar-refractivity contribution < 1.29 is 9.90 Å². The summed E-state index contributed by atoms with van der Waals surface area (Å²) in [6.07, 6.45) is -1.56. The molecule has 0 heterocycles. The first-order chi connectivity index (χ1) is 3.13. The van der Waals surface area contributed by atoms with Crippen molar-refractivity contribution in [1.29, 1.82) is 0 Å². The summed E-state index contributed by atoms with van der Waals surface area (Å²) in [6.45, 7) is 1.55. The average molecular weight is 104 g/mol. The maximum Gasteiger partial charge on any atom is 0.405 e. The van der Waals surface area contributed by atoms with Crippen LogP contribution in [-0.4, -0.2) is 17.4 Å². The van der Waals surface area contributed by atoms with Gasteiger partial charge < -0.3 is 16.2 Å². The minimum Gasteiger partial charge on any atom is -0.465 e. The molecule has 7 heavy (non-hydrogen) atoms. The number of carbonyl (C=O) groups is 1. The zero-order valence-corrected chi connectivity index (χ0v) is 4.01. The maximum atomic E-state index is 9.62. The van der Waals surface area contributed by atoms with E-state index < -0.39 is 12.3 Å². The lowest BCUT2D eigenvalue weighted by Crippen LogP contribution is -2.37. The van der Waals surface area contributed by atoms with Gasteiger partial charge >= 0.3 is 6.09 Å². The quantitative estimate of drug-likeness (QED) is 0.395. The highest BCUT2D eigenvalue weighted by atomic mass is 16.4. The van der Waals surface area contributed by atoms with Crippen LogP contribution < -0.4 is 11.1 Å². The van der Waals surface area contributed by atoms with Gasteiger partial charge in [-0.15, -0.1) is 0 Å². The van der Waals surface area contributed by atoms with Crippen LogP contribution in [0.5, 0.6) is 0 Å². The summed E-state index contributed by atoms with van der Waals surface area (Å²) < 4.78 is 0. The zero-order valence-electron chi connectivity index (χ0n) is 4.01. The maximum absolute atomic E-state index is 9.62. The fourth-order valence-corrected chi connectivity index (χ4v) is 0.195. The largest absolute Gasteiger partial charge is 0.465 e. The van der Waals surface area contributed by atoms with Crippen LogP contribution in [0.1, 0.15) is 6.92 Å². The highest BCUT2D eigenvalue weighted by Crippen LogP contribution is 1.63. The molecule has 0 saturated carbocycles. The Morgan fingerprint density at radius 2 is 2.43 bits per heavy atom. The second-order valence-corrected chi connectivity index (χ2v) is 1.24. The predicted octanol–water partition coefficient (Wildman–Crippen LogP) is -0.441. The van der Waals surface area contributed by atoms with E-state index in [1.807, 2.05) is 5.32 Å². The number of rotatable bonds is 1. The fraction of sp³-hybridized carbons (Fsp3) is 0.667. The van der Waals surface area contributed by atoms with E-state index in [-0.39, 0.29) is 0 Å². The molecule has 1 unspecified atom stereocenters. The van der Waals surface area contributed by atoms with Gasteiger partial charge in [-0.25, -0.2) is 4.79 Å². The minimum atomic E-state index is -1.09. The van der Waals surface area contributed by atoms with E-state index >= 15 is 0 Å². The summed E-state index contributed by atoms with van der Waals surface area (Å²) >= 11 is 0. The van der Waals surface area contributed by atoms with Crippen molar-refractivity contribution in [1.82, 2.24) is 5.32 Å². The van der Waals surface area contributed by atoms with Gasteiger partial charge in [-0.05, 0) is 6.92 Å². The molecule has 0 aliphatic rings. The predicted molar refractivity (Wildman–Crippen MR) is 24.8 cm³/mol. The van der Waals surface area contributed by atoms with Crippen LogP contribution in [0.3, 0.4) is 0 Å². The lowest BCUT2D eigenvalue weighted by Gasteiger charge is -2.00. The van der Waals surface area contributed by atoms with Gasteiger partial charge in [0.25, 0.3) is 0 Å². The molecule has 0 bridgehead atoms. The van der Waals surface area contributed by atoms with Gasteiger partial charge in [0.15, 0.2) is 0 Å². The first-order valence-electron chi connectivity index (χ1n) is 1.88. The summed E-state index contributed by atoms with van der Waals surface area (Å²) in [5, 5.41) is 9.89. The standard InChI is InChI=1S/C3H8N2O2/c1-2(4)5-3(6)7/h2,5H,4H2,1H3,(H,6,7).